The minimum atomic E-state index is -4.71. The van der Waals surface area contributed by atoms with E-state index in [0.717, 1.165) is 16.4 Å². The van der Waals surface area contributed by atoms with Crippen LogP contribution in [0.2, 0.25) is 0 Å². The molecule has 118 valence electrons. The van der Waals surface area contributed by atoms with Gasteiger partial charge in [0, 0.05) is 18.5 Å². The highest BCUT2D eigenvalue weighted by atomic mass is 35.5. The third-order valence-electron chi connectivity index (χ3n) is 3.57. The van der Waals surface area contributed by atoms with Crippen molar-refractivity contribution >= 4 is 21.6 Å². The van der Waals surface area contributed by atoms with Gasteiger partial charge >= 0.3 is 6.18 Å². The van der Waals surface area contributed by atoms with Crippen molar-refractivity contribution in [1.82, 2.24) is 4.31 Å². The third kappa shape index (κ3) is 3.35. The number of hydrogen-bond acceptors (Lipinski definition) is 2. The minimum absolute atomic E-state index is 0.103. The summed E-state index contributed by atoms with van der Waals surface area (Å²) >= 11 is 6.03. The summed E-state index contributed by atoms with van der Waals surface area (Å²) in [7, 11) is -4.18. The largest absolute Gasteiger partial charge is 0.417 e. The monoisotopic (exact) mass is 341 g/mol. The van der Waals surface area contributed by atoms with Gasteiger partial charge in [-0.1, -0.05) is 19.1 Å². The molecule has 1 aromatic carbocycles. The molecule has 0 bridgehead atoms. The number of nitrogens with zero attached hydrogens (tertiary/aromatic N) is 1. The van der Waals surface area contributed by atoms with Gasteiger partial charge in [0.05, 0.1) is 10.5 Å². The van der Waals surface area contributed by atoms with Gasteiger partial charge in [-0.2, -0.15) is 17.5 Å². The highest BCUT2D eigenvalue weighted by Crippen LogP contribution is 2.36. The fraction of sp³-hybridized carbons (Fsp3) is 0.538. The van der Waals surface area contributed by atoms with E-state index in [0.29, 0.717) is 6.42 Å². The highest BCUT2D eigenvalue weighted by Gasteiger charge is 2.40. The molecule has 1 fully saturated rings. The van der Waals surface area contributed by atoms with Crippen molar-refractivity contribution in [3.05, 3.63) is 29.8 Å². The van der Waals surface area contributed by atoms with Crippen LogP contribution in [-0.2, 0) is 16.2 Å². The lowest BCUT2D eigenvalue weighted by atomic mass is 10.0. The fourth-order valence-electron chi connectivity index (χ4n) is 2.36. The second-order valence-corrected chi connectivity index (χ2v) is 7.61. The van der Waals surface area contributed by atoms with Crippen molar-refractivity contribution in [2.24, 2.45) is 5.92 Å². The van der Waals surface area contributed by atoms with Gasteiger partial charge in [0.15, 0.2) is 0 Å². The van der Waals surface area contributed by atoms with E-state index in [2.05, 4.69) is 0 Å². The molecule has 1 aromatic rings. The molecule has 1 saturated heterocycles. The first-order valence-corrected chi connectivity index (χ1v) is 8.32. The van der Waals surface area contributed by atoms with Gasteiger partial charge in [-0.3, -0.25) is 0 Å². The summed E-state index contributed by atoms with van der Waals surface area (Å²) in [6, 6.07) is 4.25. The van der Waals surface area contributed by atoms with Gasteiger partial charge < -0.3 is 0 Å². The molecular weight excluding hydrogens is 327 g/mol. The molecule has 3 nitrogen and oxygen atoms in total. The predicted molar refractivity (Wildman–Crippen MR) is 73.6 cm³/mol. The van der Waals surface area contributed by atoms with Gasteiger partial charge in [0.2, 0.25) is 10.0 Å². The van der Waals surface area contributed by atoms with Crippen molar-refractivity contribution in [3.8, 4) is 0 Å². The van der Waals surface area contributed by atoms with Crippen LogP contribution in [0.1, 0.15) is 18.9 Å². The maximum atomic E-state index is 13.0. The Bertz CT molecular complexity index is 618. The van der Waals surface area contributed by atoms with Crippen LogP contribution in [0.25, 0.3) is 0 Å². The zero-order chi connectivity index (χ0) is 15.8. The van der Waals surface area contributed by atoms with Crippen molar-refractivity contribution in [2.45, 2.75) is 29.8 Å². The van der Waals surface area contributed by atoms with Crippen LogP contribution in [-0.4, -0.2) is 31.2 Å². The van der Waals surface area contributed by atoms with E-state index < -0.39 is 26.7 Å². The fourth-order valence-corrected chi connectivity index (χ4v) is 4.31. The van der Waals surface area contributed by atoms with E-state index in [-0.39, 0.29) is 24.4 Å². The molecule has 0 saturated carbocycles. The topological polar surface area (TPSA) is 37.4 Å². The molecule has 0 N–H and O–H groups in total. The summed E-state index contributed by atoms with van der Waals surface area (Å²) in [6.45, 7) is 2.05. The molecule has 2 rings (SSSR count). The molecule has 21 heavy (non-hydrogen) atoms. The number of hydrogen-bond donors (Lipinski definition) is 0. The van der Waals surface area contributed by atoms with Gasteiger partial charge in [0.25, 0.3) is 0 Å². The SMILES string of the molecule is CC1CN(S(=O)(=O)c2ccccc2C(F)(F)F)CCC1Cl. The van der Waals surface area contributed by atoms with Gasteiger partial charge in [-0.15, -0.1) is 11.6 Å². The van der Waals surface area contributed by atoms with Gasteiger partial charge in [-0.25, -0.2) is 8.42 Å². The zero-order valence-electron chi connectivity index (χ0n) is 11.3. The lowest BCUT2D eigenvalue weighted by Crippen LogP contribution is -2.43. The second-order valence-electron chi connectivity index (χ2n) is 5.14. The van der Waals surface area contributed by atoms with Gasteiger partial charge in [-0.05, 0) is 24.5 Å². The first-order valence-electron chi connectivity index (χ1n) is 6.44. The van der Waals surface area contributed by atoms with Crippen LogP contribution in [0.5, 0.6) is 0 Å². The first kappa shape index (κ1) is 16.6. The van der Waals surface area contributed by atoms with E-state index in [1.54, 1.807) is 6.92 Å². The molecule has 0 spiro atoms. The number of piperidine rings is 1. The molecule has 0 radical (unpaired) electrons. The number of rotatable bonds is 2. The van der Waals surface area contributed by atoms with Crippen LogP contribution in [0.3, 0.4) is 0 Å². The third-order valence-corrected chi connectivity index (χ3v) is 6.15. The van der Waals surface area contributed by atoms with Crippen molar-refractivity contribution in [3.63, 3.8) is 0 Å². The maximum absolute atomic E-state index is 13.0. The average Bonchev–Trinajstić information content (AvgIpc) is 2.41. The molecule has 1 aliphatic rings. The molecule has 8 heteroatoms. The summed E-state index contributed by atoms with van der Waals surface area (Å²) in [6.07, 6.45) is -4.28. The summed E-state index contributed by atoms with van der Waals surface area (Å²) in [5.41, 5.74) is -1.13. The smallest absolute Gasteiger partial charge is 0.207 e. The number of sulfonamides is 1. The molecule has 2 atom stereocenters. The summed E-state index contributed by atoms with van der Waals surface area (Å²) in [4.78, 5) is -0.697. The summed E-state index contributed by atoms with van der Waals surface area (Å²) < 4.78 is 65.0. The predicted octanol–water partition coefficient (Wildman–Crippen LogP) is 3.34. The van der Waals surface area contributed by atoms with E-state index in [1.165, 1.54) is 12.1 Å². The zero-order valence-corrected chi connectivity index (χ0v) is 12.8. The standard InChI is InChI=1S/C13H15ClF3NO2S/c1-9-8-18(7-6-11(9)14)21(19,20)12-5-3-2-4-10(12)13(15,16)17/h2-5,9,11H,6-8H2,1H3. The Morgan fingerprint density at radius 3 is 2.48 bits per heavy atom. The average molecular weight is 342 g/mol. The lowest BCUT2D eigenvalue weighted by molar-refractivity contribution is -0.139. The van der Waals surface area contributed by atoms with Crippen LogP contribution < -0.4 is 0 Å². The van der Waals surface area contributed by atoms with Crippen molar-refractivity contribution in [1.29, 1.82) is 0 Å². The molecule has 0 amide bonds. The molecule has 0 aliphatic carbocycles. The second kappa shape index (κ2) is 5.78. The van der Waals surface area contributed by atoms with Crippen LogP contribution in [0, 0.1) is 5.92 Å². The Kier molecular flexibility index (Phi) is 4.56. The van der Waals surface area contributed by atoms with Crippen molar-refractivity contribution < 1.29 is 21.6 Å². The van der Waals surface area contributed by atoms with Crippen LogP contribution in [0.15, 0.2) is 29.2 Å². The van der Waals surface area contributed by atoms with Crippen molar-refractivity contribution in [2.75, 3.05) is 13.1 Å². The molecule has 0 aromatic heterocycles. The Labute approximate surface area is 126 Å². The Balaban J connectivity index is 2.42. The number of alkyl halides is 4. The minimum Gasteiger partial charge on any atom is -0.207 e. The Morgan fingerprint density at radius 1 is 1.29 bits per heavy atom. The summed E-state index contributed by atoms with van der Waals surface area (Å²) in [5, 5.41) is -0.158. The quantitative estimate of drug-likeness (QED) is 0.774. The van der Waals surface area contributed by atoms with E-state index in [1.807, 2.05) is 0 Å². The molecule has 1 aliphatic heterocycles. The normalized spacial score (nSPS) is 25.0. The summed E-state index contributed by atoms with van der Waals surface area (Å²) in [5.74, 6) is -0.103. The van der Waals surface area contributed by atoms with Gasteiger partial charge in [0.1, 0.15) is 0 Å². The van der Waals surface area contributed by atoms with E-state index in [9.17, 15) is 21.6 Å². The lowest BCUT2D eigenvalue weighted by Gasteiger charge is -2.33. The maximum Gasteiger partial charge on any atom is 0.417 e. The Hall–Kier alpha value is -0.790. The van der Waals surface area contributed by atoms with E-state index >= 15 is 0 Å². The van der Waals surface area contributed by atoms with Crippen LogP contribution in [0.4, 0.5) is 13.2 Å². The molecule has 2 unspecified atom stereocenters. The number of halogens is 4. The molecular formula is C13H15ClF3NO2S. The molecule has 1 heterocycles. The highest BCUT2D eigenvalue weighted by molar-refractivity contribution is 7.89. The van der Waals surface area contributed by atoms with E-state index in [4.69, 9.17) is 11.6 Å². The first-order chi connectivity index (χ1) is 9.64. The number of benzene rings is 1. The Morgan fingerprint density at radius 2 is 1.90 bits per heavy atom. The van der Waals surface area contributed by atoms with Crippen LogP contribution >= 0.6 is 11.6 Å².